The summed E-state index contributed by atoms with van der Waals surface area (Å²) in [6.45, 7) is 6.88. The average Bonchev–Trinajstić information content (AvgIpc) is 2.86. The Morgan fingerprint density at radius 3 is 2.60 bits per heavy atom. The zero-order valence-electron chi connectivity index (χ0n) is 12.2. The lowest BCUT2D eigenvalue weighted by atomic mass is 10.1. The van der Waals surface area contributed by atoms with Crippen molar-refractivity contribution in [2.45, 2.75) is 32.9 Å². The van der Waals surface area contributed by atoms with Gasteiger partial charge < -0.3 is 10.3 Å². The van der Waals surface area contributed by atoms with Gasteiger partial charge >= 0.3 is 0 Å². The van der Waals surface area contributed by atoms with E-state index in [1.807, 2.05) is 0 Å². The van der Waals surface area contributed by atoms with Crippen LogP contribution in [0.25, 0.3) is 11.0 Å². The lowest BCUT2D eigenvalue weighted by Gasteiger charge is -2.12. The maximum atomic E-state index is 5.64. The fourth-order valence-electron chi connectivity index (χ4n) is 3.02. The second-order valence-corrected chi connectivity index (χ2v) is 6.43. The lowest BCUT2D eigenvalue weighted by molar-refractivity contribution is 0.327. The van der Waals surface area contributed by atoms with Crippen LogP contribution in [0.1, 0.15) is 36.7 Å². The summed E-state index contributed by atoms with van der Waals surface area (Å²) < 4.78 is 2.20. The molecule has 0 bridgehead atoms. The summed E-state index contributed by atoms with van der Waals surface area (Å²) in [7, 11) is 2.10. The fourth-order valence-corrected chi connectivity index (χ4v) is 3.21. The normalized spacial score (nSPS) is 15.2. The number of imidazole rings is 1. The van der Waals surface area contributed by atoms with Crippen LogP contribution in [-0.2, 0) is 20.1 Å². The summed E-state index contributed by atoms with van der Waals surface area (Å²) >= 11 is 5.00. The van der Waals surface area contributed by atoms with E-state index in [0.29, 0.717) is 17.5 Å². The highest BCUT2D eigenvalue weighted by atomic mass is 32.1. The molecule has 0 aliphatic carbocycles. The van der Waals surface area contributed by atoms with Crippen LogP contribution in [0.4, 0.5) is 0 Å². The van der Waals surface area contributed by atoms with Crippen molar-refractivity contribution in [1.82, 2.24) is 14.5 Å². The Bertz CT molecular complexity index is 687. The topological polar surface area (TPSA) is 47.1 Å². The molecule has 0 atom stereocenters. The van der Waals surface area contributed by atoms with E-state index in [1.165, 1.54) is 16.6 Å². The third-order valence-corrected chi connectivity index (χ3v) is 4.05. The minimum atomic E-state index is 0.438. The van der Waals surface area contributed by atoms with Crippen LogP contribution in [0.15, 0.2) is 12.1 Å². The quantitative estimate of drug-likeness (QED) is 0.880. The molecule has 2 N–H and O–H groups in total. The Morgan fingerprint density at radius 2 is 2.00 bits per heavy atom. The molecular formula is C15H20N4S. The summed E-state index contributed by atoms with van der Waals surface area (Å²) in [5, 5.41) is 0. The molecule has 2 aromatic rings. The smallest absolute Gasteiger partial charge is 0.112 e. The van der Waals surface area contributed by atoms with E-state index in [2.05, 4.69) is 42.5 Å². The molecule has 1 aliphatic heterocycles. The first-order valence-electron chi connectivity index (χ1n) is 6.94. The van der Waals surface area contributed by atoms with Gasteiger partial charge in [-0.3, -0.25) is 4.90 Å². The first-order chi connectivity index (χ1) is 9.45. The maximum absolute atomic E-state index is 5.64. The maximum Gasteiger partial charge on any atom is 0.112 e. The molecule has 106 valence electrons. The molecule has 1 aromatic carbocycles. The van der Waals surface area contributed by atoms with Gasteiger partial charge in [0.2, 0.25) is 0 Å². The largest absolute Gasteiger partial charge is 0.392 e. The van der Waals surface area contributed by atoms with E-state index in [1.54, 1.807) is 0 Å². The van der Waals surface area contributed by atoms with Gasteiger partial charge in [0.25, 0.3) is 0 Å². The van der Waals surface area contributed by atoms with Gasteiger partial charge in [-0.15, -0.1) is 0 Å². The third-order valence-electron chi connectivity index (χ3n) is 3.92. The predicted molar refractivity (Wildman–Crippen MR) is 85.7 cm³/mol. The molecule has 0 spiro atoms. The molecule has 4 nitrogen and oxygen atoms in total. The molecule has 0 amide bonds. The Balaban J connectivity index is 2.00. The molecule has 3 rings (SSSR count). The Kier molecular flexibility index (Phi) is 3.26. The molecule has 0 fully saturated rings. The van der Waals surface area contributed by atoms with Gasteiger partial charge in [0.15, 0.2) is 0 Å². The number of aromatic nitrogens is 2. The van der Waals surface area contributed by atoms with Crippen LogP contribution in [0.2, 0.25) is 0 Å². The minimum Gasteiger partial charge on any atom is -0.392 e. The van der Waals surface area contributed by atoms with Gasteiger partial charge in [0.05, 0.1) is 16.0 Å². The van der Waals surface area contributed by atoms with Crippen molar-refractivity contribution in [3.05, 3.63) is 29.1 Å². The van der Waals surface area contributed by atoms with E-state index in [-0.39, 0.29) is 0 Å². The summed E-state index contributed by atoms with van der Waals surface area (Å²) in [6.07, 6.45) is 0. The van der Waals surface area contributed by atoms with Gasteiger partial charge in [-0.05, 0) is 23.3 Å². The first kappa shape index (κ1) is 13.5. The number of nitrogens with two attached hydrogens (primary N) is 1. The Labute approximate surface area is 124 Å². The SMILES string of the molecule is CC(C)c1nc2cc3c(cc2n1C)CN(CC(N)=S)C3. The summed E-state index contributed by atoms with van der Waals surface area (Å²) in [6, 6.07) is 4.49. The Morgan fingerprint density at radius 1 is 1.35 bits per heavy atom. The minimum absolute atomic E-state index is 0.438. The lowest BCUT2D eigenvalue weighted by Crippen LogP contribution is -2.28. The average molecular weight is 288 g/mol. The van der Waals surface area contributed by atoms with Crippen LogP contribution in [-0.4, -0.2) is 26.0 Å². The van der Waals surface area contributed by atoms with Gasteiger partial charge in [0, 0.05) is 32.6 Å². The van der Waals surface area contributed by atoms with E-state index >= 15 is 0 Å². The van der Waals surface area contributed by atoms with Crippen molar-refractivity contribution in [1.29, 1.82) is 0 Å². The van der Waals surface area contributed by atoms with Crippen molar-refractivity contribution in [2.75, 3.05) is 6.54 Å². The monoisotopic (exact) mass is 288 g/mol. The molecule has 0 radical (unpaired) electrons. The molecule has 0 unspecified atom stereocenters. The van der Waals surface area contributed by atoms with Gasteiger partial charge in [-0.1, -0.05) is 26.1 Å². The molecule has 0 saturated heterocycles. The number of hydrogen-bond donors (Lipinski definition) is 1. The second-order valence-electron chi connectivity index (χ2n) is 5.90. The van der Waals surface area contributed by atoms with Crippen LogP contribution in [0.5, 0.6) is 0 Å². The van der Waals surface area contributed by atoms with Crippen molar-refractivity contribution in [3.63, 3.8) is 0 Å². The highest BCUT2D eigenvalue weighted by Gasteiger charge is 2.22. The van der Waals surface area contributed by atoms with E-state index in [0.717, 1.165) is 24.4 Å². The zero-order valence-corrected chi connectivity index (χ0v) is 13.0. The highest BCUT2D eigenvalue weighted by Crippen LogP contribution is 2.29. The number of hydrogen-bond acceptors (Lipinski definition) is 3. The molecule has 1 aromatic heterocycles. The van der Waals surface area contributed by atoms with Crippen LogP contribution in [0.3, 0.4) is 0 Å². The van der Waals surface area contributed by atoms with Gasteiger partial charge in [-0.2, -0.15) is 0 Å². The standard InChI is InChI=1S/C15H20N4S/c1-9(2)15-17-12-4-10-6-19(8-14(16)20)7-11(10)5-13(12)18(15)3/h4-5,9H,6-8H2,1-3H3,(H2,16,20). The van der Waals surface area contributed by atoms with Crippen LogP contribution >= 0.6 is 12.2 Å². The first-order valence-corrected chi connectivity index (χ1v) is 7.35. The summed E-state index contributed by atoms with van der Waals surface area (Å²) in [5.74, 6) is 1.58. The molecule has 0 saturated carbocycles. The van der Waals surface area contributed by atoms with Gasteiger partial charge in [0.1, 0.15) is 5.82 Å². The number of thiocarbonyl (C=S) groups is 1. The van der Waals surface area contributed by atoms with E-state index in [9.17, 15) is 0 Å². The number of benzene rings is 1. The number of aryl methyl sites for hydroxylation is 1. The van der Waals surface area contributed by atoms with Crippen LogP contribution < -0.4 is 5.73 Å². The van der Waals surface area contributed by atoms with Crippen molar-refractivity contribution < 1.29 is 0 Å². The van der Waals surface area contributed by atoms with Crippen molar-refractivity contribution in [2.24, 2.45) is 12.8 Å². The van der Waals surface area contributed by atoms with E-state index in [4.69, 9.17) is 22.9 Å². The van der Waals surface area contributed by atoms with E-state index < -0.39 is 0 Å². The van der Waals surface area contributed by atoms with Crippen molar-refractivity contribution >= 4 is 28.2 Å². The zero-order chi connectivity index (χ0) is 14.4. The van der Waals surface area contributed by atoms with Crippen LogP contribution in [0, 0.1) is 0 Å². The Hall–Kier alpha value is -1.46. The summed E-state index contributed by atoms with van der Waals surface area (Å²) in [5.41, 5.74) is 10.7. The predicted octanol–water partition coefficient (Wildman–Crippen LogP) is 2.30. The number of rotatable bonds is 3. The molecule has 1 aliphatic rings. The molecule has 5 heteroatoms. The molecule has 20 heavy (non-hydrogen) atoms. The molecular weight excluding hydrogens is 268 g/mol. The highest BCUT2D eigenvalue weighted by molar-refractivity contribution is 7.80. The number of nitrogens with zero attached hydrogens (tertiary/aromatic N) is 3. The molecule has 2 heterocycles. The van der Waals surface area contributed by atoms with Gasteiger partial charge in [-0.25, -0.2) is 4.98 Å². The summed E-state index contributed by atoms with van der Waals surface area (Å²) in [4.78, 5) is 7.60. The number of fused-ring (bicyclic) bond motifs is 2. The second kappa shape index (κ2) is 4.82. The fraction of sp³-hybridized carbons (Fsp3) is 0.467. The third kappa shape index (κ3) is 2.21. The van der Waals surface area contributed by atoms with Crippen molar-refractivity contribution in [3.8, 4) is 0 Å².